The van der Waals surface area contributed by atoms with Gasteiger partial charge >= 0.3 is 12.8 Å². The molecule has 38 heavy (non-hydrogen) atoms. The number of nitrogens with one attached hydrogen (secondary N) is 4. The molecule has 0 aromatic carbocycles. The third-order valence-electron chi connectivity index (χ3n) is 9.67. The molecule has 0 amide bonds. The van der Waals surface area contributed by atoms with Gasteiger partial charge < -0.3 is 14.5 Å². The Balaban J connectivity index is 1.18. The fraction of sp³-hybridized carbons (Fsp3) is 0.960. The van der Waals surface area contributed by atoms with Gasteiger partial charge in [-0.15, -0.1) is 0 Å². The minimum absolute atomic E-state index is 0.0144. The third-order valence-corrected chi connectivity index (χ3v) is 9.67. The number of hydrogen-bond donors (Lipinski definition) is 4. The molecule has 218 valence electrons. The fourth-order valence-electron chi connectivity index (χ4n) is 7.58. The van der Waals surface area contributed by atoms with E-state index in [1.807, 2.05) is 11.9 Å². The molecule has 7 unspecified atom stereocenters. The standard InChI is InChI=1S/C25H42F5N7O/c1-35-13-19(25(28,29)30)33-21(35)15-9-7-14(8-10-15)12-37-22-17(36(2)24(37)31)11-32-20(34-22)16-5-3-4-6-18(16)38-23(26)27/h14-23,31-34H,3-13H2,1-2H3. The quantitative estimate of drug-likeness (QED) is 0.378. The van der Waals surface area contributed by atoms with Crippen LogP contribution in [0.3, 0.4) is 0 Å². The van der Waals surface area contributed by atoms with Crippen molar-refractivity contribution in [3.05, 3.63) is 0 Å². The molecule has 0 bridgehead atoms. The number of alkyl halides is 5. The van der Waals surface area contributed by atoms with Crippen molar-refractivity contribution in [1.82, 2.24) is 30.7 Å². The van der Waals surface area contributed by atoms with E-state index in [0.717, 1.165) is 44.9 Å². The molecule has 2 aliphatic carbocycles. The molecule has 3 aliphatic heterocycles. The van der Waals surface area contributed by atoms with Crippen molar-refractivity contribution >= 4 is 5.96 Å². The van der Waals surface area contributed by atoms with E-state index in [1.54, 1.807) is 11.9 Å². The van der Waals surface area contributed by atoms with E-state index in [9.17, 15) is 22.0 Å². The van der Waals surface area contributed by atoms with Crippen LogP contribution in [-0.4, -0.2) is 104 Å². The summed E-state index contributed by atoms with van der Waals surface area (Å²) in [5, 5.41) is 18.8. The number of guanidine groups is 1. The molecule has 3 heterocycles. The average molecular weight is 552 g/mol. The lowest BCUT2D eigenvalue weighted by Gasteiger charge is -2.45. The highest BCUT2D eigenvalue weighted by Crippen LogP contribution is 2.37. The number of fused-ring (bicyclic) bond motifs is 1. The molecule has 5 fully saturated rings. The molecule has 13 heteroatoms. The summed E-state index contributed by atoms with van der Waals surface area (Å²) in [7, 11) is 3.68. The van der Waals surface area contributed by atoms with E-state index >= 15 is 0 Å². The van der Waals surface area contributed by atoms with Crippen molar-refractivity contribution in [2.24, 2.45) is 17.8 Å². The first kappa shape index (κ1) is 28.3. The molecule has 8 nitrogen and oxygen atoms in total. The van der Waals surface area contributed by atoms with Gasteiger partial charge in [-0.1, -0.05) is 12.8 Å². The Labute approximate surface area is 221 Å². The normalized spacial score (nSPS) is 41.3. The van der Waals surface area contributed by atoms with Gasteiger partial charge in [-0.3, -0.25) is 26.3 Å². The van der Waals surface area contributed by atoms with E-state index in [0.29, 0.717) is 31.4 Å². The second-order valence-electron chi connectivity index (χ2n) is 12.0. The highest BCUT2D eigenvalue weighted by Gasteiger charge is 2.50. The summed E-state index contributed by atoms with van der Waals surface area (Å²) in [6.45, 7) is -1.44. The van der Waals surface area contributed by atoms with Crippen LogP contribution in [0.15, 0.2) is 0 Å². The Hall–Kier alpha value is -1.28. The molecule has 3 saturated heterocycles. The van der Waals surface area contributed by atoms with Crippen molar-refractivity contribution in [2.45, 2.75) is 101 Å². The topological polar surface area (TPSA) is 78.9 Å². The number of rotatable bonds is 6. The van der Waals surface area contributed by atoms with Gasteiger partial charge in [0.05, 0.1) is 24.5 Å². The van der Waals surface area contributed by atoms with Crippen LogP contribution < -0.4 is 16.0 Å². The van der Waals surface area contributed by atoms with Crippen LogP contribution in [0.2, 0.25) is 0 Å². The Morgan fingerprint density at radius 3 is 2.37 bits per heavy atom. The summed E-state index contributed by atoms with van der Waals surface area (Å²) in [6.07, 6.45) is 1.60. The van der Waals surface area contributed by atoms with Crippen molar-refractivity contribution < 1.29 is 26.7 Å². The van der Waals surface area contributed by atoms with Crippen molar-refractivity contribution in [3.63, 3.8) is 0 Å². The average Bonchev–Trinajstić information content (AvgIpc) is 3.38. The Bertz CT molecular complexity index is 826. The van der Waals surface area contributed by atoms with Gasteiger partial charge in [0.15, 0.2) is 5.96 Å². The van der Waals surface area contributed by atoms with Gasteiger partial charge in [0, 0.05) is 32.6 Å². The fourth-order valence-corrected chi connectivity index (χ4v) is 7.58. The second-order valence-corrected chi connectivity index (χ2v) is 12.0. The maximum absolute atomic E-state index is 13.2. The number of ether oxygens (including phenoxy) is 1. The Morgan fingerprint density at radius 2 is 1.71 bits per heavy atom. The summed E-state index contributed by atoms with van der Waals surface area (Å²) in [4.78, 5) is 5.87. The smallest absolute Gasteiger partial charge is 0.338 e. The zero-order valence-electron chi connectivity index (χ0n) is 22.2. The Morgan fingerprint density at radius 1 is 1.00 bits per heavy atom. The monoisotopic (exact) mass is 551 g/mol. The van der Waals surface area contributed by atoms with Gasteiger partial charge in [0.1, 0.15) is 12.2 Å². The van der Waals surface area contributed by atoms with Gasteiger partial charge in [0.2, 0.25) is 0 Å². The largest absolute Gasteiger partial charge is 0.405 e. The van der Waals surface area contributed by atoms with Crippen LogP contribution in [-0.2, 0) is 4.74 Å². The highest BCUT2D eigenvalue weighted by molar-refractivity contribution is 5.80. The first-order valence-electron chi connectivity index (χ1n) is 14.1. The molecule has 7 atom stereocenters. The summed E-state index contributed by atoms with van der Waals surface area (Å²) in [5.74, 6) is 0.916. The van der Waals surface area contributed by atoms with E-state index in [-0.39, 0.29) is 42.9 Å². The Kier molecular flexibility index (Phi) is 8.41. The van der Waals surface area contributed by atoms with Crippen LogP contribution in [0, 0.1) is 23.2 Å². The summed E-state index contributed by atoms with van der Waals surface area (Å²) in [5.41, 5.74) is 0. The predicted molar refractivity (Wildman–Crippen MR) is 132 cm³/mol. The van der Waals surface area contributed by atoms with Gasteiger partial charge in [-0.2, -0.15) is 22.0 Å². The number of nitrogens with zero attached hydrogens (tertiary/aromatic N) is 3. The number of likely N-dealkylation sites (N-methyl/N-ethyl adjacent to an activating group) is 2. The second kappa shape index (κ2) is 11.3. The van der Waals surface area contributed by atoms with Gasteiger partial charge in [-0.25, -0.2) is 0 Å². The maximum Gasteiger partial charge on any atom is 0.405 e. The van der Waals surface area contributed by atoms with Gasteiger partial charge in [0.25, 0.3) is 0 Å². The zero-order chi connectivity index (χ0) is 27.2. The van der Waals surface area contributed by atoms with E-state index in [4.69, 9.17) is 10.1 Å². The first-order valence-corrected chi connectivity index (χ1v) is 14.1. The van der Waals surface area contributed by atoms with Crippen LogP contribution in [0.1, 0.15) is 51.4 Å². The highest BCUT2D eigenvalue weighted by atomic mass is 19.4. The number of halogens is 5. The lowest BCUT2D eigenvalue weighted by Crippen LogP contribution is -2.68. The van der Waals surface area contributed by atoms with Crippen LogP contribution in [0.5, 0.6) is 0 Å². The summed E-state index contributed by atoms with van der Waals surface area (Å²) >= 11 is 0. The minimum Gasteiger partial charge on any atom is -0.338 e. The molecule has 4 N–H and O–H groups in total. The minimum atomic E-state index is -4.23. The van der Waals surface area contributed by atoms with Crippen molar-refractivity contribution in [1.29, 1.82) is 5.41 Å². The molecule has 5 rings (SSSR count). The maximum atomic E-state index is 13.2. The third kappa shape index (κ3) is 5.77. The molecule has 5 aliphatic rings. The lowest BCUT2D eigenvalue weighted by atomic mass is 9.80. The summed E-state index contributed by atoms with van der Waals surface area (Å²) < 4.78 is 70.8. The van der Waals surface area contributed by atoms with Crippen molar-refractivity contribution in [3.8, 4) is 0 Å². The molecular formula is C25H42F5N7O. The van der Waals surface area contributed by atoms with Crippen molar-refractivity contribution in [2.75, 3.05) is 33.7 Å². The molecule has 0 aromatic heterocycles. The van der Waals surface area contributed by atoms with Crippen LogP contribution >= 0.6 is 0 Å². The lowest BCUT2D eigenvalue weighted by molar-refractivity contribution is -0.188. The van der Waals surface area contributed by atoms with E-state index < -0.39 is 24.9 Å². The first-order chi connectivity index (χ1) is 18.0. The van der Waals surface area contributed by atoms with Crippen LogP contribution in [0.25, 0.3) is 0 Å². The predicted octanol–water partition coefficient (Wildman–Crippen LogP) is 2.78. The van der Waals surface area contributed by atoms with Gasteiger partial charge in [-0.05, 0) is 57.4 Å². The SMILES string of the molecule is CN1CC(C(F)(F)F)NC1C1CCC(CN2C(=N)N(C)C3CNC(C4CCCCC4OC(F)F)NC32)CC1. The molecule has 0 radical (unpaired) electrons. The molecule has 0 spiro atoms. The van der Waals surface area contributed by atoms with Crippen LogP contribution in [0.4, 0.5) is 22.0 Å². The molecule has 0 aromatic rings. The molecular weight excluding hydrogens is 509 g/mol. The van der Waals surface area contributed by atoms with E-state index in [1.165, 1.54) is 0 Å². The van der Waals surface area contributed by atoms with E-state index in [2.05, 4.69) is 20.9 Å². The number of hydrogen-bond acceptors (Lipinski definition) is 6. The molecule has 2 saturated carbocycles. The summed E-state index contributed by atoms with van der Waals surface area (Å²) in [6, 6.07) is -1.41. The zero-order valence-corrected chi connectivity index (χ0v) is 22.2.